The number of aromatic nitrogens is 2. The molecule has 7 nitrogen and oxygen atoms in total. The van der Waals surface area contributed by atoms with Crippen LogP contribution in [0.15, 0.2) is 30.5 Å². The lowest BCUT2D eigenvalue weighted by atomic mass is 10.2. The molecule has 0 unspecified atom stereocenters. The predicted octanol–water partition coefficient (Wildman–Crippen LogP) is 1.60. The molecule has 2 aromatic rings. The smallest absolute Gasteiger partial charge is 0.254 e. The molecule has 3 N–H and O–H groups in total. The standard InChI is InChI=1S/C16H18FN5O2/c17-12-5-2-1-4-11(12)16(24)19-8-6-14(23)21-13-10-20-22-9-3-7-18-15(13)22/h1-2,4-5,10,18H,3,6-9H2,(H,19,24)(H,21,23). The van der Waals surface area contributed by atoms with Gasteiger partial charge in [0.25, 0.3) is 5.91 Å². The second-order valence-electron chi connectivity index (χ2n) is 5.44. The molecule has 2 amide bonds. The predicted molar refractivity (Wildman–Crippen MR) is 87.3 cm³/mol. The molecule has 3 rings (SSSR count). The molecule has 126 valence electrons. The van der Waals surface area contributed by atoms with E-state index in [1.807, 2.05) is 0 Å². The van der Waals surface area contributed by atoms with E-state index in [2.05, 4.69) is 21.0 Å². The molecule has 1 aliphatic heterocycles. The van der Waals surface area contributed by atoms with Crippen LogP contribution in [-0.2, 0) is 11.3 Å². The number of hydrogen-bond donors (Lipinski definition) is 3. The van der Waals surface area contributed by atoms with E-state index in [0.717, 1.165) is 25.3 Å². The third-order valence-electron chi connectivity index (χ3n) is 3.71. The van der Waals surface area contributed by atoms with Gasteiger partial charge < -0.3 is 16.0 Å². The van der Waals surface area contributed by atoms with Crippen molar-refractivity contribution in [2.45, 2.75) is 19.4 Å². The summed E-state index contributed by atoms with van der Waals surface area (Å²) < 4.78 is 15.3. The van der Waals surface area contributed by atoms with Crippen molar-refractivity contribution in [1.29, 1.82) is 0 Å². The summed E-state index contributed by atoms with van der Waals surface area (Å²) in [6, 6.07) is 5.72. The number of carbonyl (C=O) groups excluding carboxylic acids is 2. The van der Waals surface area contributed by atoms with Gasteiger partial charge in [0.1, 0.15) is 17.3 Å². The van der Waals surface area contributed by atoms with Crippen LogP contribution in [0.5, 0.6) is 0 Å². The summed E-state index contributed by atoms with van der Waals surface area (Å²) in [5.41, 5.74) is 0.591. The molecule has 8 heteroatoms. The first-order valence-corrected chi connectivity index (χ1v) is 7.77. The first-order chi connectivity index (χ1) is 11.6. The Balaban J connectivity index is 1.49. The van der Waals surface area contributed by atoms with Gasteiger partial charge in [0.15, 0.2) is 0 Å². The van der Waals surface area contributed by atoms with Gasteiger partial charge >= 0.3 is 0 Å². The zero-order chi connectivity index (χ0) is 16.9. The number of halogens is 1. The van der Waals surface area contributed by atoms with Gasteiger partial charge in [-0.1, -0.05) is 12.1 Å². The molecule has 0 saturated heterocycles. The maximum absolute atomic E-state index is 13.5. The zero-order valence-electron chi connectivity index (χ0n) is 13.0. The number of anilines is 2. The SMILES string of the molecule is O=C(CCNC(=O)c1ccccc1F)Nc1cnn2c1NCCC2. The van der Waals surface area contributed by atoms with E-state index in [4.69, 9.17) is 0 Å². The van der Waals surface area contributed by atoms with Crippen LogP contribution >= 0.6 is 0 Å². The quantitative estimate of drug-likeness (QED) is 0.776. The van der Waals surface area contributed by atoms with Gasteiger partial charge in [-0.05, 0) is 18.6 Å². The largest absolute Gasteiger partial charge is 0.368 e. The molecule has 1 aromatic carbocycles. The molecule has 0 fully saturated rings. The fourth-order valence-corrected chi connectivity index (χ4v) is 2.51. The Hall–Kier alpha value is -2.90. The summed E-state index contributed by atoms with van der Waals surface area (Å²) in [4.78, 5) is 23.8. The van der Waals surface area contributed by atoms with Crippen LogP contribution in [0.2, 0.25) is 0 Å². The number of nitrogens with zero attached hydrogens (tertiary/aromatic N) is 2. The van der Waals surface area contributed by atoms with Gasteiger partial charge in [-0.15, -0.1) is 0 Å². The summed E-state index contributed by atoms with van der Waals surface area (Å²) in [7, 11) is 0. The average Bonchev–Trinajstić information content (AvgIpc) is 2.98. The fourth-order valence-electron chi connectivity index (χ4n) is 2.51. The molecule has 2 heterocycles. The van der Waals surface area contributed by atoms with E-state index >= 15 is 0 Å². The Kier molecular flexibility index (Phi) is 4.74. The highest BCUT2D eigenvalue weighted by atomic mass is 19.1. The van der Waals surface area contributed by atoms with Crippen LogP contribution in [0.3, 0.4) is 0 Å². The normalized spacial score (nSPS) is 12.9. The summed E-state index contributed by atoms with van der Waals surface area (Å²) in [6.45, 7) is 1.78. The molecular weight excluding hydrogens is 313 g/mol. The number of aryl methyl sites for hydroxylation is 1. The highest BCUT2D eigenvalue weighted by molar-refractivity contribution is 5.96. The number of rotatable bonds is 5. The van der Waals surface area contributed by atoms with E-state index < -0.39 is 11.7 Å². The molecule has 0 spiro atoms. The van der Waals surface area contributed by atoms with Crippen molar-refractivity contribution in [3.63, 3.8) is 0 Å². The van der Waals surface area contributed by atoms with Crippen molar-refractivity contribution < 1.29 is 14.0 Å². The zero-order valence-corrected chi connectivity index (χ0v) is 13.0. The molecule has 0 bridgehead atoms. The van der Waals surface area contributed by atoms with Crippen LogP contribution in [0.4, 0.5) is 15.9 Å². The second kappa shape index (κ2) is 7.12. The lowest BCUT2D eigenvalue weighted by Gasteiger charge is -2.17. The Morgan fingerprint density at radius 2 is 2.17 bits per heavy atom. The summed E-state index contributed by atoms with van der Waals surface area (Å²) in [5.74, 6) is -0.570. The third-order valence-corrected chi connectivity index (χ3v) is 3.71. The highest BCUT2D eigenvalue weighted by Crippen LogP contribution is 2.24. The van der Waals surface area contributed by atoms with Crippen molar-refractivity contribution in [2.75, 3.05) is 23.7 Å². The van der Waals surface area contributed by atoms with Gasteiger partial charge in [-0.25, -0.2) is 9.07 Å². The number of hydrogen-bond acceptors (Lipinski definition) is 4. The molecule has 0 radical (unpaired) electrons. The van der Waals surface area contributed by atoms with Crippen molar-refractivity contribution in [3.05, 3.63) is 41.8 Å². The van der Waals surface area contributed by atoms with Crippen molar-refractivity contribution in [2.24, 2.45) is 0 Å². The third kappa shape index (κ3) is 3.53. The maximum atomic E-state index is 13.5. The Morgan fingerprint density at radius 1 is 1.33 bits per heavy atom. The maximum Gasteiger partial charge on any atom is 0.254 e. The van der Waals surface area contributed by atoms with Gasteiger partial charge in [0.05, 0.1) is 11.8 Å². The highest BCUT2D eigenvalue weighted by Gasteiger charge is 2.16. The molecule has 1 aliphatic rings. The second-order valence-corrected chi connectivity index (χ2v) is 5.44. The van der Waals surface area contributed by atoms with Crippen molar-refractivity contribution >= 4 is 23.3 Å². The minimum absolute atomic E-state index is 0.0344. The van der Waals surface area contributed by atoms with Crippen LogP contribution in [0.1, 0.15) is 23.2 Å². The average molecular weight is 331 g/mol. The summed E-state index contributed by atoms with van der Waals surface area (Å²) in [5, 5.41) is 12.7. The molecule has 0 saturated carbocycles. The molecule has 0 atom stereocenters. The number of nitrogens with one attached hydrogen (secondary N) is 3. The van der Waals surface area contributed by atoms with Gasteiger partial charge in [0, 0.05) is 26.1 Å². The number of amides is 2. The lowest BCUT2D eigenvalue weighted by molar-refractivity contribution is -0.116. The monoisotopic (exact) mass is 331 g/mol. The van der Waals surface area contributed by atoms with Crippen molar-refractivity contribution in [1.82, 2.24) is 15.1 Å². The minimum Gasteiger partial charge on any atom is -0.368 e. The van der Waals surface area contributed by atoms with Crippen molar-refractivity contribution in [3.8, 4) is 0 Å². The summed E-state index contributed by atoms with van der Waals surface area (Å²) in [6.07, 6.45) is 2.68. The van der Waals surface area contributed by atoms with Gasteiger partial charge in [-0.2, -0.15) is 5.10 Å². The van der Waals surface area contributed by atoms with Crippen LogP contribution in [0, 0.1) is 5.82 Å². The van der Waals surface area contributed by atoms with E-state index in [1.54, 1.807) is 16.9 Å². The Morgan fingerprint density at radius 3 is 3.00 bits per heavy atom. The molecule has 1 aromatic heterocycles. The van der Waals surface area contributed by atoms with E-state index in [0.29, 0.717) is 5.69 Å². The lowest BCUT2D eigenvalue weighted by Crippen LogP contribution is -2.28. The topological polar surface area (TPSA) is 88.1 Å². The van der Waals surface area contributed by atoms with Crippen LogP contribution < -0.4 is 16.0 Å². The Labute approximate surface area is 138 Å². The fraction of sp³-hybridized carbons (Fsp3) is 0.312. The molecule has 0 aliphatic carbocycles. The first-order valence-electron chi connectivity index (χ1n) is 7.77. The minimum atomic E-state index is -0.586. The van der Waals surface area contributed by atoms with Crippen LogP contribution in [0.25, 0.3) is 0 Å². The van der Waals surface area contributed by atoms with Gasteiger partial charge in [-0.3, -0.25) is 9.59 Å². The van der Waals surface area contributed by atoms with Gasteiger partial charge in [0.2, 0.25) is 5.91 Å². The first kappa shape index (κ1) is 16.0. The van der Waals surface area contributed by atoms with Crippen LogP contribution in [-0.4, -0.2) is 34.7 Å². The molecule has 24 heavy (non-hydrogen) atoms. The number of carbonyl (C=O) groups is 2. The summed E-state index contributed by atoms with van der Waals surface area (Å²) >= 11 is 0. The Bertz CT molecular complexity index is 759. The number of fused-ring (bicyclic) bond motifs is 1. The van der Waals surface area contributed by atoms with E-state index in [-0.39, 0.29) is 24.4 Å². The van der Waals surface area contributed by atoms with E-state index in [1.165, 1.54) is 18.2 Å². The van der Waals surface area contributed by atoms with E-state index in [9.17, 15) is 14.0 Å². The molecular formula is C16H18FN5O2. The number of benzene rings is 1.